The molecule has 5 heteroatoms. The molecule has 1 aliphatic rings. The molecule has 1 aliphatic heterocycles. The zero-order chi connectivity index (χ0) is 17.7. The predicted molar refractivity (Wildman–Crippen MR) is 91.9 cm³/mol. The lowest BCUT2D eigenvalue weighted by atomic mass is 10.0. The Kier molecular flexibility index (Phi) is 6.37. The number of carboxylic acids is 1. The lowest BCUT2D eigenvalue weighted by molar-refractivity contribution is -0.148. The molecule has 0 bridgehead atoms. The molecule has 1 heterocycles. The Balaban J connectivity index is 1.91. The van der Waals surface area contributed by atoms with E-state index >= 15 is 0 Å². The quantitative estimate of drug-likeness (QED) is 0.832. The molecule has 2 atom stereocenters. The number of methoxy groups -OCH3 is 1. The van der Waals surface area contributed by atoms with E-state index in [0.29, 0.717) is 31.7 Å². The maximum Gasteiger partial charge on any atom is 0.326 e. The van der Waals surface area contributed by atoms with Gasteiger partial charge in [-0.15, -0.1) is 0 Å². The Bertz CT molecular complexity index is 567. The molecule has 2 rings (SSSR count). The van der Waals surface area contributed by atoms with Crippen LogP contribution in [0.3, 0.4) is 0 Å². The molecule has 1 aromatic carbocycles. The predicted octanol–water partition coefficient (Wildman–Crippen LogP) is 2.52. The van der Waals surface area contributed by atoms with Crippen molar-refractivity contribution in [2.24, 2.45) is 5.92 Å². The molecule has 0 aliphatic carbocycles. The maximum absolute atomic E-state index is 12.4. The molecule has 0 saturated carbocycles. The van der Waals surface area contributed by atoms with Crippen LogP contribution in [0.5, 0.6) is 0 Å². The first-order valence-corrected chi connectivity index (χ1v) is 8.53. The van der Waals surface area contributed by atoms with Crippen LogP contribution in [0, 0.1) is 5.92 Å². The molecule has 5 nitrogen and oxygen atoms in total. The number of carbonyl (C=O) groups is 2. The van der Waals surface area contributed by atoms with Crippen LogP contribution < -0.4 is 0 Å². The highest BCUT2D eigenvalue weighted by atomic mass is 16.5. The Hall–Kier alpha value is -1.88. The van der Waals surface area contributed by atoms with Gasteiger partial charge in [-0.05, 0) is 29.9 Å². The van der Waals surface area contributed by atoms with Crippen LogP contribution in [0.4, 0.5) is 0 Å². The van der Waals surface area contributed by atoms with Crippen LogP contribution in [-0.4, -0.2) is 47.7 Å². The van der Waals surface area contributed by atoms with Crippen LogP contribution in [0.15, 0.2) is 24.3 Å². The number of carboxylic acid groups (broad SMARTS) is 1. The molecule has 1 fully saturated rings. The average molecular weight is 333 g/mol. The summed E-state index contributed by atoms with van der Waals surface area (Å²) in [7, 11) is 1.55. The minimum Gasteiger partial charge on any atom is -0.480 e. The van der Waals surface area contributed by atoms with Gasteiger partial charge in [0.2, 0.25) is 5.91 Å². The largest absolute Gasteiger partial charge is 0.480 e. The van der Waals surface area contributed by atoms with Crippen LogP contribution >= 0.6 is 0 Å². The number of likely N-dealkylation sites (tertiary alicyclic amines) is 1. The van der Waals surface area contributed by atoms with Crippen molar-refractivity contribution in [3.05, 3.63) is 35.4 Å². The van der Waals surface area contributed by atoms with Crippen LogP contribution in [-0.2, 0) is 27.2 Å². The number of benzene rings is 1. The fourth-order valence-corrected chi connectivity index (χ4v) is 3.19. The second-order valence-electron chi connectivity index (χ2n) is 6.91. The van der Waals surface area contributed by atoms with Gasteiger partial charge < -0.3 is 14.7 Å². The third-order valence-electron chi connectivity index (χ3n) is 4.50. The second-order valence-corrected chi connectivity index (χ2v) is 6.91. The molecule has 1 N–H and O–H groups in total. The molecule has 24 heavy (non-hydrogen) atoms. The van der Waals surface area contributed by atoms with Gasteiger partial charge in [-0.1, -0.05) is 38.1 Å². The number of carbonyl (C=O) groups excluding carboxylic acids is 1. The minimum atomic E-state index is -0.957. The van der Waals surface area contributed by atoms with Gasteiger partial charge in [-0.3, -0.25) is 4.79 Å². The summed E-state index contributed by atoms with van der Waals surface area (Å²) in [6.45, 7) is 4.74. The van der Waals surface area contributed by atoms with Crippen molar-refractivity contribution in [3.8, 4) is 0 Å². The first-order valence-electron chi connectivity index (χ1n) is 8.53. The van der Waals surface area contributed by atoms with Crippen molar-refractivity contribution in [3.63, 3.8) is 0 Å². The summed E-state index contributed by atoms with van der Waals surface area (Å²) < 4.78 is 5.22. The van der Waals surface area contributed by atoms with E-state index in [1.54, 1.807) is 7.11 Å². The van der Waals surface area contributed by atoms with Gasteiger partial charge >= 0.3 is 5.97 Å². The second kappa shape index (κ2) is 8.29. The van der Waals surface area contributed by atoms with Crippen molar-refractivity contribution >= 4 is 11.9 Å². The first-order chi connectivity index (χ1) is 11.4. The van der Waals surface area contributed by atoms with Crippen LogP contribution in [0.25, 0.3) is 0 Å². The number of hydrogen-bond donors (Lipinski definition) is 1. The molecule has 1 aromatic rings. The highest BCUT2D eigenvalue weighted by Crippen LogP contribution is 2.22. The van der Waals surface area contributed by atoms with Crippen LogP contribution in [0.2, 0.25) is 0 Å². The van der Waals surface area contributed by atoms with Gasteiger partial charge in [0, 0.05) is 26.5 Å². The van der Waals surface area contributed by atoms with Crippen molar-refractivity contribution in [2.75, 3.05) is 13.7 Å². The summed E-state index contributed by atoms with van der Waals surface area (Å²) in [6, 6.07) is 7.56. The average Bonchev–Trinajstić information content (AvgIpc) is 2.98. The number of rotatable bonds is 7. The van der Waals surface area contributed by atoms with Gasteiger partial charge in [0.15, 0.2) is 0 Å². The SMILES string of the molecule is COC1CC(C(=O)O)N(C(=O)CCc2ccc(CC(C)C)cc2)C1. The van der Waals surface area contributed by atoms with E-state index in [1.807, 2.05) is 0 Å². The summed E-state index contributed by atoms with van der Waals surface area (Å²) in [4.78, 5) is 25.2. The van der Waals surface area contributed by atoms with Gasteiger partial charge in [0.1, 0.15) is 6.04 Å². The molecular weight excluding hydrogens is 306 g/mol. The maximum atomic E-state index is 12.4. The van der Waals surface area contributed by atoms with E-state index in [0.717, 1.165) is 12.0 Å². The number of aliphatic carboxylic acids is 1. The number of hydrogen-bond acceptors (Lipinski definition) is 3. The Morgan fingerprint density at radius 3 is 2.42 bits per heavy atom. The van der Waals surface area contributed by atoms with E-state index in [2.05, 4.69) is 38.1 Å². The minimum absolute atomic E-state index is 0.117. The van der Waals surface area contributed by atoms with E-state index in [9.17, 15) is 14.7 Å². The third-order valence-corrected chi connectivity index (χ3v) is 4.50. The standard InChI is InChI=1S/C19H27NO4/c1-13(2)10-15-6-4-14(5-7-15)8-9-18(21)20-12-16(24-3)11-17(20)19(22)23/h4-7,13,16-17H,8-12H2,1-3H3,(H,22,23). The highest BCUT2D eigenvalue weighted by Gasteiger charge is 2.39. The van der Waals surface area contributed by atoms with Gasteiger partial charge in [-0.25, -0.2) is 4.79 Å². The van der Waals surface area contributed by atoms with Gasteiger partial charge in [-0.2, -0.15) is 0 Å². The highest BCUT2D eigenvalue weighted by molar-refractivity contribution is 5.84. The normalized spacial score (nSPS) is 20.6. The summed E-state index contributed by atoms with van der Waals surface area (Å²) in [5.41, 5.74) is 2.40. The topological polar surface area (TPSA) is 66.8 Å². The zero-order valence-electron chi connectivity index (χ0n) is 14.7. The van der Waals surface area contributed by atoms with Crippen LogP contribution in [0.1, 0.15) is 37.8 Å². The van der Waals surface area contributed by atoms with E-state index < -0.39 is 12.0 Å². The monoisotopic (exact) mass is 333 g/mol. The van der Waals surface area contributed by atoms with Crippen molar-refractivity contribution in [2.45, 2.75) is 51.7 Å². The molecule has 0 spiro atoms. The summed E-state index contributed by atoms with van der Waals surface area (Å²) >= 11 is 0. The summed E-state index contributed by atoms with van der Waals surface area (Å²) in [5.74, 6) is -0.455. The van der Waals surface area contributed by atoms with E-state index in [1.165, 1.54) is 10.5 Å². The van der Waals surface area contributed by atoms with E-state index in [-0.39, 0.29) is 12.0 Å². The Labute approximate surface area is 143 Å². The number of amides is 1. The van der Waals surface area contributed by atoms with E-state index in [4.69, 9.17) is 4.74 Å². The van der Waals surface area contributed by atoms with Crippen molar-refractivity contribution in [1.29, 1.82) is 0 Å². The molecule has 2 unspecified atom stereocenters. The van der Waals surface area contributed by atoms with Gasteiger partial charge in [0.25, 0.3) is 0 Å². The number of ether oxygens (including phenoxy) is 1. The smallest absolute Gasteiger partial charge is 0.326 e. The summed E-state index contributed by atoms with van der Waals surface area (Å²) in [5, 5.41) is 9.28. The molecule has 0 aromatic heterocycles. The van der Waals surface area contributed by atoms with Crippen molar-refractivity contribution in [1.82, 2.24) is 4.90 Å². The fraction of sp³-hybridized carbons (Fsp3) is 0.579. The van der Waals surface area contributed by atoms with Crippen molar-refractivity contribution < 1.29 is 19.4 Å². The Morgan fingerprint density at radius 2 is 1.88 bits per heavy atom. The third kappa shape index (κ3) is 4.81. The molecule has 132 valence electrons. The number of nitrogens with zero attached hydrogens (tertiary/aromatic N) is 1. The zero-order valence-corrected chi connectivity index (χ0v) is 14.7. The molecular formula is C19H27NO4. The molecule has 1 saturated heterocycles. The first kappa shape index (κ1) is 18.5. The lowest BCUT2D eigenvalue weighted by Crippen LogP contribution is -2.40. The molecule has 0 radical (unpaired) electrons. The summed E-state index contributed by atoms with van der Waals surface area (Å²) in [6.07, 6.45) is 2.17. The number of aryl methyl sites for hydroxylation is 1. The van der Waals surface area contributed by atoms with Gasteiger partial charge in [0.05, 0.1) is 6.10 Å². The lowest BCUT2D eigenvalue weighted by Gasteiger charge is -2.21. The molecule has 1 amide bonds. The fourth-order valence-electron chi connectivity index (χ4n) is 3.19. The Morgan fingerprint density at radius 1 is 1.25 bits per heavy atom.